The highest BCUT2D eigenvalue weighted by Gasteiger charge is 2.17. The molecule has 0 saturated heterocycles. The molecule has 1 unspecified atom stereocenters. The fraction of sp³-hybridized carbons (Fsp3) is 0.312. The summed E-state index contributed by atoms with van der Waals surface area (Å²) in [7, 11) is 0. The van der Waals surface area contributed by atoms with E-state index in [9.17, 15) is 4.39 Å². The van der Waals surface area contributed by atoms with Gasteiger partial charge in [-0.25, -0.2) is 4.39 Å². The standard InChI is InChI=1S/C16H17Cl2FN2/c1-2-7-21-15(12-6-8-20-10-14(12)18)9-11-4-3-5-13(17)16(11)19/h3-6,8,10,15,21H,2,7,9H2,1H3. The largest absolute Gasteiger partial charge is 0.310 e. The van der Waals surface area contributed by atoms with Crippen LogP contribution in [0.4, 0.5) is 4.39 Å². The monoisotopic (exact) mass is 326 g/mol. The molecule has 0 aliphatic heterocycles. The lowest BCUT2D eigenvalue weighted by atomic mass is 9.99. The Bertz CT molecular complexity index is 605. The molecule has 1 N–H and O–H groups in total. The van der Waals surface area contributed by atoms with Gasteiger partial charge in [-0.3, -0.25) is 4.98 Å². The van der Waals surface area contributed by atoms with Crippen molar-refractivity contribution in [2.75, 3.05) is 6.54 Å². The van der Waals surface area contributed by atoms with Crippen molar-refractivity contribution < 1.29 is 4.39 Å². The summed E-state index contributed by atoms with van der Waals surface area (Å²) in [6.07, 6.45) is 4.76. The predicted molar refractivity (Wildman–Crippen MR) is 85.4 cm³/mol. The minimum absolute atomic E-state index is 0.0755. The van der Waals surface area contributed by atoms with E-state index in [4.69, 9.17) is 23.2 Å². The van der Waals surface area contributed by atoms with E-state index in [-0.39, 0.29) is 16.9 Å². The molecule has 1 aromatic heterocycles. The Balaban J connectivity index is 2.28. The highest BCUT2D eigenvalue weighted by atomic mass is 35.5. The van der Waals surface area contributed by atoms with Crippen LogP contribution < -0.4 is 5.32 Å². The first-order valence-corrected chi connectivity index (χ1v) is 7.64. The second-order valence-corrected chi connectivity index (χ2v) is 5.64. The van der Waals surface area contributed by atoms with Gasteiger partial charge in [0.15, 0.2) is 0 Å². The lowest BCUT2D eigenvalue weighted by molar-refractivity contribution is 0.513. The summed E-state index contributed by atoms with van der Waals surface area (Å²) in [4.78, 5) is 3.99. The number of benzene rings is 1. The number of nitrogens with one attached hydrogen (secondary N) is 1. The van der Waals surface area contributed by atoms with E-state index >= 15 is 0 Å². The van der Waals surface area contributed by atoms with E-state index in [0.717, 1.165) is 18.5 Å². The zero-order chi connectivity index (χ0) is 15.2. The Labute approximate surface area is 134 Å². The number of halogens is 3. The molecule has 0 aliphatic rings. The van der Waals surface area contributed by atoms with Crippen LogP contribution in [-0.4, -0.2) is 11.5 Å². The average Bonchev–Trinajstić information content (AvgIpc) is 2.48. The van der Waals surface area contributed by atoms with Crippen molar-refractivity contribution in [3.63, 3.8) is 0 Å². The fourth-order valence-corrected chi connectivity index (χ4v) is 2.65. The first-order chi connectivity index (χ1) is 10.1. The molecule has 1 aromatic carbocycles. The van der Waals surface area contributed by atoms with E-state index in [1.165, 1.54) is 0 Å². The van der Waals surface area contributed by atoms with Crippen molar-refractivity contribution in [3.8, 4) is 0 Å². The average molecular weight is 327 g/mol. The van der Waals surface area contributed by atoms with E-state index < -0.39 is 0 Å². The Morgan fingerprint density at radius 1 is 1.24 bits per heavy atom. The van der Waals surface area contributed by atoms with Crippen molar-refractivity contribution in [1.29, 1.82) is 0 Å². The molecule has 2 rings (SSSR count). The molecule has 5 heteroatoms. The molecular weight excluding hydrogens is 310 g/mol. The van der Waals surface area contributed by atoms with Crippen LogP contribution in [0.2, 0.25) is 10.0 Å². The third-order valence-corrected chi connectivity index (χ3v) is 3.88. The van der Waals surface area contributed by atoms with Gasteiger partial charge in [0.2, 0.25) is 0 Å². The van der Waals surface area contributed by atoms with Gasteiger partial charge in [-0.2, -0.15) is 0 Å². The molecule has 0 aliphatic carbocycles. The van der Waals surface area contributed by atoms with Gasteiger partial charge in [-0.15, -0.1) is 0 Å². The van der Waals surface area contributed by atoms with Crippen molar-refractivity contribution in [2.45, 2.75) is 25.8 Å². The molecule has 112 valence electrons. The number of rotatable bonds is 6. The zero-order valence-corrected chi connectivity index (χ0v) is 13.3. The first-order valence-electron chi connectivity index (χ1n) is 6.89. The maximum absolute atomic E-state index is 14.1. The summed E-state index contributed by atoms with van der Waals surface area (Å²) in [6, 6.07) is 6.84. The van der Waals surface area contributed by atoms with E-state index in [0.29, 0.717) is 17.0 Å². The van der Waals surface area contributed by atoms with Crippen LogP contribution >= 0.6 is 23.2 Å². The highest BCUT2D eigenvalue weighted by molar-refractivity contribution is 6.31. The molecule has 0 radical (unpaired) electrons. The Hall–Kier alpha value is -1.16. The summed E-state index contributed by atoms with van der Waals surface area (Å²) in [5.74, 6) is -0.368. The van der Waals surface area contributed by atoms with E-state index in [2.05, 4.69) is 17.2 Å². The predicted octanol–water partition coefficient (Wildman–Crippen LogP) is 4.81. The molecule has 21 heavy (non-hydrogen) atoms. The number of aromatic nitrogens is 1. The van der Waals surface area contributed by atoms with Crippen LogP contribution in [0.3, 0.4) is 0 Å². The van der Waals surface area contributed by atoms with Crippen LogP contribution in [0.15, 0.2) is 36.7 Å². The number of hydrogen-bond acceptors (Lipinski definition) is 2. The van der Waals surface area contributed by atoms with Crippen molar-refractivity contribution in [2.24, 2.45) is 0 Å². The highest BCUT2D eigenvalue weighted by Crippen LogP contribution is 2.27. The minimum atomic E-state index is -0.368. The molecule has 0 amide bonds. The van der Waals surface area contributed by atoms with Crippen molar-refractivity contribution >= 4 is 23.2 Å². The van der Waals surface area contributed by atoms with Gasteiger partial charge >= 0.3 is 0 Å². The zero-order valence-electron chi connectivity index (χ0n) is 11.7. The lowest BCUT2D eigenvalue weighted by Crippen LogP contribution is -2.24. The number of pyridine rings is 1. The SMILES string of the molecule is CCCNC(Cc1cccc(Cl)c1F)c1ccncc1Cl. The summed E-state index contributed by atoms with van der Waals surface area (Å²) in [5.41, 5.74) is 1.49. The van der Waals surface area contributed by atoms with Gasteiger partial charge in [-0.1, -0.05) is 42.3 Å². The van der Waals surface area contributed by atoms with Crippen LogP contribution in [0.25, 0.3) is 0 Å². The third-order valence-electron chi connectivity index (χ3n) is 3.28. The van der Waals surface area contributed by atoms with Gasteiger partial charge in [-0.05, 0) is 42.6 Å². The molecule has 0 spiro atoms. The normalized spacial score (nSPS) is 12.4. The van der Waals surface area contributed by atoms with Crippen LogP contribution in [0.5, 0.6) is 0 Å². The Morgan fingerprint density at radius 3 is 2.76 bits per heavy atom. The van der Waals surface area contributed by atoms with Gasteiger partial charge in [0.25, 0.3) is 0 Å². The molecule has 0 fully saturated rings. The molecular formula is C16H17Cl2FN2. The van der Waals surface area contributed by atoms with Crippen LogP contribution in [0.1, 0.15) is 30.5 Å². The maximum Gasteiger partial charge on any atom is 0.145 e. The molecule has 1 atom stereocenters. The topological polar surface area (TPSA) is 24.9 Å². The molecule has 2 aromatic rings. The molecule has 1 heterocycles. The van der Waals surface area contributed by atoms with Crippen molar-refractivity contribution in [1.82, 2.24) is 10.3 Å². The maximum atomic E-state index is 14.1. The lowest BCUT2D eigenvalue weighted by Gasteiger charge is -2.20. The first kappa shape index (κ1) is 16.2. The van der Waals surface area contributed by atoms with Crippen LogP contribution in [0, 0.1) is 5.82 Å². The van der Waals surface area contributed by atoms with Gasteiger partial charge in [0.05, 0.1) is 10.0 Å². The minimum Gasteiger partial charge on any atom is -0.310 e. The smallest absolute Gasteiger partial charge is 0.145 e. The van der Waals surface area contributed by atoms with Gasteiger partial charge < -0.3 is 5.32 Å². The Morgan fingerprint density at radius 2 is 2.05 bits per heavy atom. The quantitative estimate of drug-likeness (QED) is 0.823. The Kier molecular flexibility index (Phi) is 5.97. The fourth-order valence-electron chi connectivity index (χ4n) is 2.21. The number of nitrogens with zero attached hydrogens (tertiary/aromatic N) is 1. The molecule has 2 nitrogen and oxygen atoms in total. The summed E-state index contributed by atoms with van der Waals surface area (Å²) in [6.45, 7) is 2.91. The van der Waals surface area contributed by atoms with E-state index in [1.807, 2.05) is 6.07 Å². The second-order valence-electron chi connectivity index (χ2n) is 4.82. The third kappa shape index (κ3) is 4.16. The van der Waals surface area contributed by atoms with E-state index in [1.54, 1.807) is 30.6 Å². The van der Waals surface area contributed by atoms with Crippen LogP contribution in [-0.2, 0) is 6.42 Å². The van der Waals surface area contributed by atoms with Gasteiger partial charge in [0, 0.05) is 18.4 Å². The molecule has 0 saturated carbocycles. The summed E-state index contributed by atoms with van der Waals surface area (Å²) >= 11 is 12.1. The van der Waals surface area contributed by atoms with Crippen molar-refractivity contribution in [3.05, 3.63) is 63.6 Å². The summed E-state index contributed by atoms with van der Waals surface area (Å²) < 4.78 is 14.1. The summed E-state index contributed by atoms with van der Waals surface area (Å²) in [5, 5.41) is 4.12. The van der Waals surface area contributed by atoms with Gasteiger partial charge in [0.1, 0.15) is 5.82 Å². The second kappa shape index (κ2) is 7.74. The number of hydrogen-bond donors (Lipinski definition) is 1. The molecule has 0 bridgehead atoms.